The van der Waals surface area contributed by atoms with E-state index >= 15 is 0 Å². The summed E-state index contributed by atoms with van der Waals surface area (Å²) < 4.78 is 16.0. The van der Waals surface area contributed by atoms with Crippen LogP contribution >= 0.6 is 0 Å². The van der Waals surface area contributed by atoms with Gasteiger partial charge in [-0.1, -0.05) is 0 Å². The van der Waals surface area contributed by atoms with Crippen LogP contribution in [0.15, 0.2) is 36.8 Å². The lowest BCUT2D eigenvalue weighted by Gasteiger charge is -2.09. The highest BCUT2D eigenvalue weighted by molar-refractivity contribution is 5.99. The van der Waals surface area contributed by atoms with Crippen molar-refractivity contribution >= 4 is 11.8 Å². The van der Waals surface area contributed by atoms with Crippen LogP contribution in [0.4, 0.5) is 0 Å². The van der Waals surface area contributed by atoms with Gasteiger partial charge in [-0.15, -0.1) is 0 Å². The number of ether oxygens (including phenoxy) is 3. The molecule has 7 heteroatoms. The summed E-state index contributed by atoms with van der Waals surface area (Å²) in [4.78, 5) is 31.5. The van der Waals surface area contributed by atoms with E-state index in [1.165, 1.54) is 18.6 Å². The zero-order valence-electron chi connectivity index (χ0n) is 12.2. The molecule has 0 aliphatic carbocycles. The molecule has 0 amide bonds. The van der Waals surface area contributed by atoms with Gasteiger partial charge < -0.3 is 14.2 Å². The number of benzene rings is 1. The number of fused-ring (bicyclic) bond motifs is 1. The van der Waals surface area contributed by atoms with Gasteiger partial charge in [0.25, 0.3) is 0 Å². The Kier molecular flexibility index (Phi) is 4.46. The van der Waals surface area contributed by atoms with Gasteiger partial charge in [0, 0.05) is 24.4 Å². The predicted molar refractivity (Wildman–Crippen MR) is 78.7 cm³/mol. The summed E-state index contributed by atoms with van der Waals surface area (Å²) in [5.41, 5.74) is 0.445. The van der Waals surface area contributed by atoms with E-state index in [2.05, 4.69) is 9.97 Å². The van der Waals surface area contributed by atoms with Crippen LogP contribution in [0.25, 0.3) is 0 Å². The smallest absolute Gasteiger partial charge is 0.358 e. The van der Waals surface area contributed by atoms with E-state index in [1.807, 2.05) is 0 Å². The lowest BCUT2D eigenvalue weighted by molar-refractivity contribution is 0.0468. The quantitative estimate of drug-likeness (QED) is 0.626. The Labute approximate surface area is 132 Å². The van der Waals surface area contributed by atoms with Crippen LogP contribution in [0.5, 0.6) is 11.5 Å². The molecule has 1 aliphatic heterocycles. The van der Waals surface area contributed by atoms with Crippen molar-refractivity contribution in [3.8, 4) is 11.5 Å². The first kappa shape index (κ1) is 15.0. The highest BCUT2D eigenvalue weighted by Crippen LogP contribution is 2.30. The Bertz CT molecular complexity index is 718. The van der Waals surface area contributed by atoms with Crippen molar-refractivity contribution in [1.29, 1.82) is 0 Å². The molecule has 0 saturated carbocycles. The molecule has 1 aliphatic rings. The number of hydrogen-bond acceptors (Lipinski definition) is 7. The first-order valence-electron chi connectivity index (χ1n) is 7.10. The van der Waals surface area contributed by atoms with E-state index in [0.29, 0.717) is 30.3 Å². The maximum atomic E-state index is 12.1. The Morgan fingerprint density at radius 3 is 2.74 bits per heavy atom. The van der Waals surface area contributed by atoms with Gasteiger partial charge in [-0.05, 0) is 18.2 Å². The second-order valence-electron chi connectivity index (χ2n) is 4.80. The fraction of sp³-hybridized carbons (Fsp3) is 0.250. The average Bonchev–Trinajstić information content (AvgIpc) is 2.84. The van der Waals surface area contributed by atoms with Crippen molar-refractivity contribution in [2.75, 3.05) is 19.8 Å². The standard InChI is InChI=1S/C16H14N2O5/c19-13(10-23-16(20)12-9-17-4-5-18-12)11-2-3-14-15(8-11)22-7-1-6-21-14/h2-5,8-9H,1,6-7,10H2. The Morgan fingerprint density at radius 1 is 1.13 bits per heavy atom. The molecular weight excluding hydrogens is 300 g/mol. The minimum atomic E-state index is -0.694. The van der Waals surface area contributed by atoms with Gasteiger partial charge in [0.2, 0.25) is 0 Å². The molecule has 0 radical (unpaired) electrons. The second kappa shape index (κ2) is 6.87. The van der Waals surface area contributed by atoms with Gasteiger partial charge in [-0.25, -0.2) is 9.78 Å². The minimum Gasteiger partial charge on any atom is -0.490 e. The molecule has 0 unspecified atom stereocenters. The molecule has 7 nitrogen and oxygen atoms in total. The summed E-state index contributed by atoms with van der Waals surface area (Å²) in [6, 6.07) is 4.89. The zero-order valence-corrected chi connectivity index (χ0v) is 12.2. The minimum absolute atomic E-state index is 0.0546. The van der Waals surface area contributed by atoms with Gasteiger partial charge >= 0.3 is 5.97 Å². The normalized spacial score (nSPS) is 13.0. The maximum absolute atomic E-state index is 12.1. The van der Waals surface area contributed by atoms with Crippen molar-refractivity contribution in [2.24, 2.45) is 0 Å². The third kappa shape index (κ3) is 3.63. The van der Waals surface area contributed by atoms with Crippen LogP contribution in [0.1, 0.15) is 27.3 Å². The second-order valence-corrected chi connectivity index (χ2v) is 4.80. The van der Waals surface area contributed by atoms with Gasteiger partial charge in [0.15, 0.2) is 29.6 Å². The van der Waals surface area contributed by atoms with Crippen LogP contribution in [-0.4, -0.2) is 41.5 Å². The Hall–Kier alpha value is -2.96. The number of nitrogens with zero attached hydrogens (tertiary/aromatic N) is 2. The molecule has 0 fully saturated rings. The lowest BCUT2D eigenvalue weighted by atomic mass is 10.1. The maximum Gasteiger partial charge on any atom is 0.358 e. The summed E-state index contributed by atoms with van der Waals surface area (Å²) >= 11 is 0. The van der Waals surface area contributed by atoms with Crippen LogP contribution < -0.4 is 9.47 Å². The molecule has 2 heterocycles. The number of hydrogen-bond donors (Lipinski definition) is 0. The molecule has 0 spiro atoms. The first-order valence-corrected chi connectivity index (χ1v) is 7.10. The van der Waals surface area contributed by atoms with E-state index in [-0.39, 0.29) is 18.1 Å². The molecule has 0 bridgehead atoms. The average molecular weight is 314 g/mol. The molecule has 3 rings (SSSR count). The molecule has 1 aromatic carbocycles. The van der Waals surface area contributed by atoms with Crippen LogP contribution in [0, 0.1) is 0 Å². The van der Waals surface area contributed by atoms with E-state index in [1.54, 1.807) is 18.2 Å². The summed E-state index contributed by atoms with van der Waals surface area (Å²) in [6.45, 7) is 0.734. The summed E-state index contributed by atoms with van der Waals surface area (Å²) in [5, 5.41) is 0. The lowest BCUT2D eigenvalue weighted by Crippen LogP contribution is -2.15. The van der Waals surface area contributed by atoms with Crippen molar-refractivity contribution in [3.63, 3.8) is 0 Å². The third-order valence-corrected chi connectivity index (χ3v) is 3.18. The number of carbonyl (C=O) groups is 2. The molecule has 118 valence electrons. The molecule has 0 atom stereocenters. The van der Waals surface area contributed by atoms with E-state index in [9.17, 15) is 9.59 Å². The van der Waals surface area contributed by atoms with Crippen LogP contribution in [0.3, 0.4) is 0 Å². The summed E-state index contributed by atoms with van der Waals surface area (Å²) in [6.07, 6.45) is 4.88. The number of Topliss-reactive ketones (excluding diaryl/α,β-unsaturated/α-hetero) is 1. The molecule has 1 aromatic heterocycles. The van der Waals surface area contributed by atoms with Crippen molar-refractivity contribution in [2.45, 2.75) is 6.42 Å². The monoisotopic (exact) mass is 314 g/mol. The SMILES string of the molecule is O=C(COC(=O)c1cnccn1)c1ccc2c(c1)OCCCO2. The van der Waals surface area contributed by atoms with Crippen LogP contribution in [-0.2, 0) is 4.74 Å². The number of esters is 1. The number of ketones is 1. The fourth-order valence-corrected chi connectivity index (χ4v) is 2.03. The van der Waals surface area contributed by atoms with E-state index in [0.717, 1.165) is 6.42 Å². The number of rotatable bonds is 4. The zero-order chi connectivity index (χ0) is 16.1. The van der Waals surface area contributed by atoms with Gasteiger partial charge in [-0.2, -0.15) is 0 Å². The van der Waals surface area contributed by atoms with Crippen LogP contribution in [0.2, 0.25) is 0 Å². The molecule has 23 heavy (non-hydrogen) atoms. The number of aromatic nitrogens is 2. The highest BCUT2D eigenvalue weighted by atomic mass is 16.5. The third-order valence-electron chi connectivity index (χ3n) is 3.18. The summed E-state index contributed by atoms with van der Waals surface area (Å²) in [5.74, 6) is 0.0999. The van der Waals surface area contributed by atoms with Gasteiger partial charge in [0.05, 0.1) is 19.4 Å². The van der Waals surface area contributed by atoms with Crippen molar-refractivity contribution in [1.82, 2.24) is 9.97 Å². The first-order chi connectivity index (χ1) is 11.2. The predicted octanol–water partition coefficient (Wildman–Crippen LogP) is 1.68. The highest BCUT2D eigenvalue weighted by Gasteiger charge is 2.16. The van der Waals surface area contributed by atoms with E-state index < -0.39 is 5.97 Å². The number of carbonyl (C=O) groups excluding carboxylic acids is 2. The van der Waals surface area contributed by atoms with Gasteiger partial charge in [0.1, 0.15) is 0 Å². The molecule has 0 saturated heterocycles. The largest absolute Gasteiger partial charge is 0.490 e. The van der Waals surface area contributed by atoms with Crippen molar-refractivity contribution in [3.05, 3.63) is 48.0 Å². The molecule has 2 aromatic rings. The van der Waals surface area contributed by atoms with Crippen molar-refractivity contribution < 1.29 is 23.8 Å². The topological polar surface area (TPSA) is 87.6 Å². The summed E-state index contributed by atoms with van der Waals surface area (Å²) in [7, 11) is 0. The fourth-order valence-electron chi connectivity index (χ4n) is 2.03. The molecule has 0 N–H and O–H groups in total. The van der Waals surface area contributed by atoms with E-state index in [4.69, 9.17) is 14.2 Å². The molecular formula is C16H14N2O5. The van der Waals surface area contributed by atoms with Gasteiger partial charge in [-0.3, -0.25) is 9.78 Å². The Morgan fingerprint density at radius 2 is 1.96 bits per heavy atom. The Balaban J connectivity index is 1.64.